The minimum atomic E-state index is -0.373. The molecule has 0 spiro atoms. The van der Waals surface area contributed by atoms with Crippen LogP contribution in [0.2, 0.25) is 0 Å². The Labute approximate surface area is 142 Å². The van der Waals surface area contributed by atoms with Crippen LogP contribution < -0.4 is 10.1 Å². The highest BCUT2D eigenvalue weighted by molar-refractivity contribution is 7.10. The number of aryl methyl sites for hydroxylation is 1. The van der Waals surface area contributed by atoms with Gasteiger partial charge in [0.2, 0.25) is 5.13 Å². The topological polar surface area (TPSA) is 64.1 Å². The largest absolute Gasteiger partial charge is 0.497 e. The Morgan fingerprint density at radius 3 is 2.62 bits per heavy atom. The molecule has 0 bridgehead atoms. The minimum absolute atomic E-state index is 0.343. The number of carbonyl (C=O) groups is 1. The lowest BCUT2D eigenvalue weighted by Gasteiger charge is -2.04. The zero-order valence-electron chi connectivity index (χ0n) is 13.0. The summed E-state index contributed by atoms with van der Waals surface area (Å²) in [7, 11) is 1.60. The molecule has 0 fully saturated rings. The van der Waals surface area contributed by atoms with Gasteiger partial charge < -0.3 is 4.74 Å². The number of ether oxygens (including phenoxy) is 1. The van der Waals surface area contributed by atoms with Crippen molar-refractivity contribution in [1.82, 2.24) is 9.36 Å². The number of hydrogen-bond donors (Lipinski definition) is 1. The van der Waals surface area contributed by atoms with Crippen LogP contribution >= 0.6 is 11.5 Å². The average Bonchev–Trinajstić information content (AvgIpc) is 3.03. The van der Waals surface area contributed by atoms with Gasteiger partial charge in [0.25, 0.3) is 5.91 Å². The Bertz CT molecular complexity index is 878. The van der Waals surface area contributed by atoms with Gasteiger partial charge in [0, 0.05) is 22.7 Å². The Morgan fingerprint density at radius 2 is 1.96 bits per heavy atom. The first-order valence-corrected chi connectivity index (χ1v) is 7.90. The van der Waals surface area contributed by atoms with Gasteiger partial charge in [0.1, 0.15) is 11.6 Å². The standard InChI is InChI=1S/C17H14FN3O2S/c1-10-9-12(18)5-8-14(10)16(22)20-17-19-15(21-24-17)11-3-6-13(23-2)7-4-11/h3-9H,1-2H3,(H,19,20,21,22). The molecule has 0 atom stereocenters. The number of benzene rings is 2. The van der Waals surface area contributed by atoms with Crippen molar-refractivity contribution in [3.05, 3.63) is 59.4 Å². The quantitative estimate of drug-likeness (QED) is 0.780. The van der Waals surface area contributed by atoms with E-state index in [0.717, 1.165) is 22.8 Å². The van der Waals surface area contributed by atoms with E-state index in [1.807, 2.05) is 24.3 Å². The molecule has 0 saturated carbocycles. The first-order chi connectivity index (χ1) is 11.6. The van der Waals surface area contributed by atoms with Gasteiger partial charge in [-0.05, 0) is 55.0 Å². The van der Waals surface area contributed by atoms with Gasteiger partial charge in [-0.2, -0.15) is 9.36 Å². The van der Waals surface area contributed by atoms with Crippen molar-refractivity contribution in [2.45, 2.75) is 6.92 Å². The Morgan fingerprint density at radius 1 is 1.21 bits per heavy atom. The molecule has 0 aliphatic heterocycles. The maximum Gasteiger partial charge on any atom is 0.257 e. The summed E-state index contributed by atoms with van der Waals surface area (Å²) in [5, 5.41) is 3.07. The predicted molar refractivity (Wildman–Crippen MR) is 91.0 cm³/mol. The highest BCUT2D eigenvalue weighted by Crippen LogP contribution is 2.24. The van der Waals surface area contributed by atoms with Crippen molar-refractivity contribution in [3.8, 4) is 17.1 Å². The number of anilines is 1. The zero-order valence-corrected chi connectivity index (χ0v) is 13.9. The first kappa shape index (κ1) is 16.1. The van der Waals surface area contributed by atoms with Crippen LogP contribution in [0.3, 0.4) is 0 Å². The molecule has 122 valence electrons. The van der Waals surface area contributed by atoms with Gasteiger partial charge in [-0.1, -0.05) is 0 Å². The van der Waals surface area contributed by atoms with Crippen molar-refractivity contribution in [2.24, 2.45) is 0 Å². The van der Waals surface area contributed by atoms with Crippen molar-refractivity contribution in [1.29, 1.82) is 0 Å². The Balaban J connectivity index is 1.76. The summed E-state index contributed by atoms with van der Waals surface area (Å²) in [5.41, 5.74) is 1.79. The number of halogens is 1. The smallest absolute Gasteiger partial charge is 0.257 e. The molecule has 24 heavy (non-hydrogen) atoms. The number of hydrogen-bond acceptors (Lipinski definition) is 5. The van der Waals surface area contributed by atoms with Gasteiger partial charge in [0.05, 0.1) is 7.11 Å². The van der Waals surface area contributed by atoms with Crippen LogP contribution in [0, 0.1) is 12.7 Å². The minimum Gasteiger partial charge on any atom is -0.497 e. The van der Waals surface area contributed by atoms with Crippen LogP contribution in [-0.4, -0.2) is 22.4 Å². The fraction of sp³-hybridized carbons (Fsp3) is 0.118. The lowest BCUT2D eigenvalue weighted by Crippen LogP contribution is -2.13. The molecular weight excluding hydrogens is 329 g/mol. The summed E-state index contributed by atoms with van der Waals surface area (Å²) < 4.78 is 22.5. The van der Waals surface area contributed by atoms with E-state index in [1.54, 1.807) is 14.0 Å². The number of amides is 1. The number of nitrogens with one attached hydrogen (secondary N) is 1. The fourth-order valence-electron chi connectivity index (χ4n) is 2.18. The van der Waals surface area contributed by atoms with Gasteiger partial charge in [-0.15, -0.1) is 0 Å². The average molecular weight is 343 g/mol. The molecule has 2 aromatic carbocycles. The van der Waals surface area contributed by atoms with Gasteiger partial charge in [0.15, 0.2) is 5.82 Å². The molecule has 5 nitrogen and oxygen atoms in total. The molecule has 0 aliphatic carbocycles. The van der Waals surface area contributed by atoms with Crippen LogP contribution in [0.4, 0.5) is 9.52 Å². The lowest BCUT2D eigenvalue weighted by molar-refractivity contribution is 0.102. The Kier molecular flexibility index (Phi) is 4.52. The molecule has 1 aromatic heterocycles. The van der Waals surface area contributed by atoms with Crippen LogP contribution in [-0.2, 0) is 0 Å². The van der Waals surface area contributed by atoms with Crippen molar-refractivity contribution < 1.29 is 13.9 Å². The summed E-state index contributed by atoms with van der Waals surface area (Å²) in [5.74, 6) is 0.551. The molecule has 0 radical (unpaired) electrons. The first-order valence-electron chi connectivity index (χ1n) is 7.12. The van der Waals surface area contributed by atoms with Crippen molar-refractivity contribution in [3.63, 3.8) is 0 Å². The van der Waals surface area contributed by atoms with E-state index in [1.165, 1.54) is 18.2 Å². The molecule has 0 aliphatic rings. The van der Waals surface area contributed by atoms with Crippen LogP contribution in [0.5, 0.6) is 5.75 Å². The van der Waals surface area contributed by atoms with Gasteiger partial charge in [-0.25, -0.2) is 4.39 Å². The van der Waals surface area contributed by atoms with Crippen LogP contribution in [0.25, 0.3) is 11.4 Å². The number of rotatable bonds is 4. The summed E-state index contributed by atoms with van der Waals surface area (Å²) in [6, 6.07) is 11.3. The summed E-state index contributed by atoms with van der Waals surface area (Å²) in [6.45, 7) is 1.68. The van der Waals surface area contributed by atoms with E-state index in [-0.39, 0.29) is 11.7 Å². The highest BCUT2D eigenvalue weighted by Gasteiger charge is 2.13. The number of methoxy groups -OCH3 is 1. The second kappa shape index (κ2) is 6.76. The molecule has 0 saturated heterocycles. The summed E-state index contributed by atoms with van der Waals surface area (Å²) in [6.07, 6.45) is 0. The lowest BCUT2D eigenvalue weighted by atomic mass is 10.1. The van der Waals surface area contributed by atoms with Crippen LogP contribution in [0.1, 0.15) is 15.9 Å². The van der Waals surface area contributed by atoms with E-state index in [2.05, 4.69) is 14.7 Å². The fourth-order valence-corrected chi connectivity index (χ4v) is 2.76. The van der Waals surface area contributed by atoms with E-state index in [4.69, 9.17) is 4.74 Å². The monoisotopic (exact) mass is 343 g/mol. The highest BCUT2D eigenvalue weighted by atomic mass is 32.1. The third-order valence-corrected chi connectivity index (χ3v) is 4.06. The third kappa shape index (κ3) is 3.41. The molecule has 3 aromatic rings. The summed E-state index contributed by atoms with van der Waals surface area (Å²) >= 11 is 1.09. The molecule has 1 amide bonds. The zero-order chi connectivity index (χ0) is 17.1. The van der Waals surface area contributed by atoms with Crippen LogP contribution in [0.15, 0.2) is 42.5 Å². The predicted octanol–water partition coefficient (Wildman–Crippen LogP) is 3.91. The van der Waals surface area contributed by atoms with Crippen molar-refractivity contribution in [2.75, 3.05) is 12.4 Å². The van der Waals surface area contributed by atoms with E-state index < -0.39 is 0 Å². The molecule has 1 N–H and O–H groups in total. The molecule has 7 heteroatoms. The van der Waals surface area contributed by atoms with E-state index in [9.17, 15) is 9.18 Å². The number of aromatic nitrogens is 2. The number of carbonyl (C=O) groups excluding carboxylic acids is 1. The second-order valence-electron chi connectivity index (χ2n) is 5.07. The molecular formula is C17H14FN3O2S. The normalized spacial score (nSPS) is 10.5. The molecule has 1 heterocycles. The Hall–Kier alpha value is -2.80. The summed E-state index contributed by atoms with van der Waals surface area (Å²) in [4.78, 5) is 16.6. The second-order valence-corrected chi connectivity index (χ2v) is 5.82. The maximum atomic E-state index is 13.1. The van der Waals surface area contributed by atoms with Crippen molar-refractivity contribution >= 4 is 22.6 Å². The number of nitrogens with zero attached hydrogens (tertiary/aromatic N) is 2. The third-order valence-electron chi connectivity index (χ3n) is 3.43. The van der Waals surface area contributed by atoms with Gasteiger partial charge >= 0.3 is 0 Å². The van der Waals surface area contributed by atoms with E-state index >= 15 is 0 Å². The van der Waals surface area contributed by atoms with Gasteiger partial charge in [-0.3, -0.25) is 10.1 Å². The van der Waals surface area contributed by atoms with E-state index in [0.29, 0.717) is 22.1 Å². The molecule has 3 rings (SSSR count). The molecule has 0 unspecified atom stereocenters. The SMILES string of the molecule is COc1ccc(-c2nsc(NC(=O)c3ccc(F)cc3C)n2)cc1. The maximum absolute atomic E-state index is 13.1.